The highest BCUT2D eigenvalue weighted by molar-refractivity contribution is 7.90. The van der Waals surface area contributed by atoms with E-state index < -0.39 is 27.9 Å². The molecule has 3 rings (SSSR count). The van der Waals surface area contributed by atoms with Gasteiger partial charge in [0.1, 0.15) is 11.9 Å². The van der Waals surface area contributed by atoms with E-state index >= 15 is 0 Å². The quantitative estimate of drug-likeness (QED) is 0.158. The van der Waals surface area contributed by atoms with Crippen LogP contribution >= 0.6 is 12.6 Å². The minimum absolute atomic E-state index is 0.00783. The summed E-state index contributed by atoms with van der Waals surface area (Å²) >= 11 is 4.53. The number of benzene rings is 3. The highest BCUT2D eigenvalue weighted by Gasteiger charge is 2.24. The van der Waals surface area contributed by atoms with Crippen molar-refractivity contribution in [3.8, 4) is 11.1 Å². The average molecular weight is 574 g/mol. The molecule has 0 unspecified atom stereocenters. The van der Waals surface area contributed by atoms with E-state index in [9.17, 15) is 27.5 Å². The molecular formula is C28H32FN3O5S2. The topological polar surface area (TPSA) is 125 Å². The molecule has 0 aliphatic heterocycles. The van der Waals surface area contributed by atoms with E-state index in [0.717, 1.165) is 18.9 Å². The second-order valence-electron chi connectivity index (χ2n) is 9.02. The van der Waals surface area contributed by atoms with Crippen molar-refractivity contribution in [2.75, 3.05) is 13.1 Å². The summed E-state index contributed by atoms with van der Waals surface area (Å²) in [6.45, 7) is 2.10. The van der Waals surface area contributed by atoms with Crippen molar-refractivity contribution in [1.29, 1.82) is 0 Å². The molecule has 8 nitrogen and oxygen atoms in total. The minimum Gasteiger partial charge on any atom is -0.384 e. The van der Waals surface area contributed by atoms with Gasteiger partial charge in [0.15, 0.2) is 0 Å². The third-order valence-corrected chi connectivity index (χ3v) is 7.62. The lowest BCUT2D eigenvalue weighted by Gasteiger charge is -2.14. The smallest absolute Gasteiger partial charge is 0.264 e. The number of aliphatic hydroxyl groups is 1. The fraction of sp³-hybridized carbons (Fsp3) is 0.286. The Morgan fingerprint density at radius 3 is 2.41 bits per heavy atom. The number of aliphatic hydroxyl groups excluding tert-OH is 1. The van der Waals surface area contributed by atoms with Crippen molar-refractivity contribution in [2.24, 2.45) is 0 Å². The van der Waals surface area contributed by atoms with Crippen LogP contribution in [0.3, 0.4) is 0 Å². The number of sulfonamides is 1. The number of thiol groups is 1. The maximum Gasteiger partial charge on any atom is 0.264 e. The predicted molar refractivity (Wildman–Crippen MR) is 151 cm³/mol. The molecule has 2 atom stereocenters. The van der Waals surface area contributed by atoms with Gasteiger partial charge >= 0.3 is 0 Å². The first-order chi connectivity index (χ1) is 18.6. The summed E-state index contributed by atoms with van der Waals surface area (Å²) in [5.41, 5.74) is 2.00. The van der Waals surface area contributed by atoms with Crippen LogP contribution in [0.5, 0.6) is 0 Å². The van der Waals surface area contributed by atoms with E-state index in [1.165, 1.54) is 30.3 Å². The number of halogens is 1. The molecule has 39 heavy (non-hydrogen) atoms. The minimum atomic E-state index is -4.30. The predicted octanol–water partition coefficient (Wildman–Crippen LogP) is 2.82. The number of carbonyl (C=O) groups is 2. The molecule has 0 spiro atoms. The fourth-order valence-corrected chi connectivity index (χ4v) is 5.35. The van der Waals surface area contributed by atoms with Gasteiger partial charge in [-0.15, -0.1) is 0 Å². The first-order valence-corrected chi connectivity index (χ1v) is 14.4. The Morgan fingerprint density at radius 2 is 1.72 bits per heavy atom. The van der Waals surface area contributed by atoms with Gasteiger partial charge in [-0.25, -0.2) is 17.5 Å². The lowest BCUT2D eigenvalue weighted by atomic mass is 10.0. The summed E-state index contributed by atoms with van der Waals surface area (Å²) in [7, 11) is -4.30. The van der Waals surface area contributed by atoms with E-state index in [2.05, 4.69) is 23.3 Å². The Labute approximate surface area is 233 Å². The molecule has 4 N–H and O–H groups in total. The van der Waals surface area contributed by atoms with Crippen molar-refractivity contribution < 1.29 is 27.5 Å². The Kier molecular flexibility index (Phi) is 11.0. The summed E-state index contributed by atoms with van der Waals surface area (Å²) in [4.78, 5) is 23.7. The standard InChI is InChI=1S/C28H32FN3O5S2/c1-19(33)28(35)32-39(36,37)26-10-6-5-9-24(26)21-11-12-22(25(29)16-21)17-30-14-13-27(34)31-18-23(38)15-20-7-3-2-4-8-20/h2-12,16,19,23,30,33,38H,13-15,17-18H2,1H3,(H,31,34)(H,32,35)/t19-,23+/m0/s1. The van der Waals surface area contributed by atoms with Crippen LogP contribution in [0.4, 0.5) is 4.39 Å². The molecule has 2 amide bonds. The molecule has 3 aromatic carbocycles. The van der Waals surface area contributed by atoms with Crippen LogP contribution < -0.4 is 15.4 Å². The highest BCUT2D eigenvalue weighted by Crippen LogP contribution is 2.28. The van der Waals surface area contributed by atoms with E-state index in [1.54, 1.807) is 12.1 Å². The molecule has 208 valence electrons. The number of nitrogens with one attached hydrogen (secondary N) is 3. The second-order valence-corrected chi connectivity index (χ2v) is 11.4. The van der Waals surface area contributed by atoms with Gasteiger partial charge in [0.25, 0.3) is 15.9 Å². The Morgan fingerprint density at radius 1 is 1.03 bits per heavy atom. The van der Waals surface area contributed by atoms with Crippen LogP contribution in [-0.2, 0) is 32.6 Å². The Hall–Kier alpha value is -3.25. The van der Waals surface area contributed by atoms with Crippen LogP contribution in [-0.4, -0.2) is 49.8 Å². The molecule has 0 aromatic heterocycles. The summed E-state index contributed by atoms with van der Waals surface area (Å²) in [5, 5.41) is 15.2. The Bertz CT molecular complexity index is 1380. The number of carbonyl (C=O) groups excluding carboxylic acids is 2. The van der Waals surface area contributed by atoms with Crippen molar-refractivity contribution in [2.45, 2.75) is 42.6 Å². The molecule has 0 saturated heterocycles. The zero-order valence-electron chi connectivity index (χ0n) is 21.4. The molecular weight excluding hydrogens is 541 g/mol. The lowest BCUT2D eigenvalue weighted by molar-refractivity contribution is -0.126. The number of amides is 2. The average Bonchev–Trinajstić information content (AvgIpc) is 2.91. The van der Waals surface area contributed by atoms with Gasteiger partial charge < -0.3 is 15.7 Å². The number of hydrogen-bond donors (Lipinski definition) is 5. The normalized spacial score (nSPS) is 12.9. The maximum absolute atomic E-state index is 14.9. The third-order valence-electron chi connectivity index (χ3n) is 5.85. The van der Waals surface area contributed by atoms with Crippen LogP contribution in [0.25, 0.3) is 11.1 Å². The van der Waals surface area contributed by atoms with Gasteiger partial charge in [0, 0.05) is 42.4 Å². The summed E-state index contributed by atoms with van der Waals surface area (Å²) in [6, 6.07) is 20.1. The molecule has 0 radical (unpaired) electrons. The van der Waals surface area contributed by atoms with E-state index in [-0.39, 0.29) is 34.6 Å². The van der Waals surface area contributed by atoms with Gasteiger partial charge in [-0.2, -0.15) is 12.6 Å². The molecule has 11 heteroatoms. The molecule has 0 aliphatic carbocycles. The number of hydrogen-bond acceptors (Lipinski definition) is 7. The van der Waals surface area contributed by atoms with Gasteiger partial charge in [-0.1, -0.05) is 60.7 Å². The fourth-order valence-electron chi connectivity index (χ4n) is 3.77. The van der Waals surface area contributed by atoms with Crippen LogP contribution in [0.15, 0.2) is 77.7 Å². The molecule has 0 saturated carbocycles. The largest absolute Gasteiger partial charge is 0.384 e. The second kappa shape index (κ2) is 14.2. The van der Waals surface area contributed by atoms with Crippen molar-refractivity contribution >= 4 is 34.5 Å². The summed E-state index contributed by atoms with van der Waals surface area (Å²) in [5.74, 6) is -1.75. The van der Waals surface area contributed by atoms with Gasteiger partial charge in [-0.3, -0.25) is 9.59 Å². The first-order valence-electron chi connectivity index (χ1n) is 12.4. The highest BCUT2D eigenvalue weighted by atomic mass is 32.2. The molecule has 0 fully saturated rings. The zero-order chi connectivity index (χ0) is 28.4. The maximum atomic E-state index is 14.9. The van der Waals surface area contributed by atoms with Crippen molar-refractivity contribution in [3.63, 3.8) is 0 Å². The van der Waals surface area contributed by atoms with Crippen LogP contribution in [0.2, 0.25) is 0 Å². The number of rotatable bonds is 13. The van der Waals surface area contributed by atoms with Crippen LogP contribution in [0.1, 0.15) is 24.5 Å². The summed E-state index contributed by atoms with van der Waals surface area (Å²) in [6.07, 6.45) is -0.554. The molecule has 0 aliphatic rings. The van der Waals surface area contributed by atoms with Gasteiger partial charge in [0.05, 0.1) is 4.90 Å². The summed E-state index contributed by atoms with van der Waals surface area (Å²) < 4.78 is 42.1. The first kappa shape index (κ1) is 30.3. The van der Waals surface area contributed by atoms with Crippen molar-refractivity contribution in [3.05, 3.63) is 89.7 Å². The van der Waals surface area contributed by atoms with Gasteiger partial charge in [-0.05, 0) is 36.6 Å². The lowest BCUT2D eigenvalue weighted by Crippen LogP contribution is -2.37. The molecule has 0 bridgehead atoms. The molecule has 0 heterocycles. The Balaban J connectivity index is 1.52. The van der Waals surface area contributed by atoms with Crippen LogP contribution in [0, 0.1) is 5.82 Å². The van der Waals surface area contributed by atoms with Gasteiger partial charge in [0.2, 0.25) is 5.91 Å². The third kappa shape index (κ3) is 9.17. The van der Waals surface area contributed by atoms with E-state index in [4.69, 9.17) is 0 Å². The monoisotopic (exact) mass is 573 g/mol. The van der Waals surface area contributed by atoms with E-state index in [0.29, 0.717) is 24.2 Å². The van der Waals surface area contributed by atoms with E-state index in [1.807, 2.05) is 35.1 Å². The zero-order valence-corrected chi connectivity index (χ0v) is 23.1. The van der Waals surface area contributed by atoms with Crippen molar-refractivity contribution in [1.82, 2.24) is 15.4 Å². The SMILES string of the molecule is C[C@H](O)C(=O)NS(=O)(=O)c1ccccc1-c1ccc(CNCCC(=O)NC[C@H](S)Cc2ccccc2)c(F)c1. The molecule has 3 aromatic rings.